The zero-order valence-corrected chi connectivity index (χ0v) is 10.3. The fraction of sp³-hybridized carbons (Fsp3) is 0.308. The Morgan fingerprint density at radius 3 is 1.72 bits per heavy atom. The molecule has 0 saturated carbocycles. The lowest BCUT2D eigenvalue weighted by atomic mass is 10.1. The van der Waals surface area contributed by atoms with Gasteiger partial charge in [0, 0.05) is 13.1 Å². The Hall–Kier alpha value is -2.17. The van der Waals surface area contributed by atoms with Crippen LogP contribution in [-0.2, 0) is 14.4 Å². The molecule has 0 aromatic carbocycles. The van der Waals surface area contributed by atoms with Crippen LogP contribution < -0.4 is 10.6 Å². The van der Waals surface area contributed by atoms with E-state index in [2.05, 4.69) is 23.8 Å². The van der Waals surface area contributed by atoms with Crippen LogP contribution in [0.3, 0.4) is 0 Å². The Balaban J connectivity index is 4.00. The molecule has 0 atom stereocenters. The maximum absolute atomic E-state index is 10.9. The molecule has 2 N–H and O–H groups in total. The number of carbonyl (C=O) groups excluding carboxylic acids is 3. The molecular weight excluding hydrogens is 232 g/mol. The minimum Gasteiger partial charge on any atom is -0.352 e. The van der Waals surface area contributed by atoms with Gasteiger partial charge < -0.3 is 10.6 Å². The van der Waals surface area contributed by atoms with Gasteiger partial charge in [0.1, 0.15) is 6.29 Å². The van der Waals surface area contributed by atoms with Gasteiger partial charge in [-0.05, 0) is 31.1 Å². The predicted molar refractivity (Wildman–Crippen MR) is 69.8 cm³/mol. The Morgan fingerprint density at radius 2 is 1.39 bits per heavy atom. The van der Waals surface area contributed by atoms with Crippen LogP contribution in [0.1, 0.15) is 12.8 Å². The van der Waals surface area contributed by atoms with Crippen molar-refractivity contribution in [1.82, 2.24) is 10.6 Å². The molecule has 0 rings (SSSR count). The molecule has 0 heterocycles. The number of amides is 2. The fourth-order valence-electron chi connectivity index (χ4n) is 1.22. The second kappa shape index (κ2) is 10.0. The number of hydrogen-bond donors (Lipinski definition) is 2. The minimum atomic E-state index is -0.250. The van der Waals surface area contributed by atoms with Crippen molar-refractivity contribution >= 4 is 18.1 Å². The van der Waals surface area contributed by atoms with Crippen LogP contribution in [-0.4, -0.2) is 31.2 Å². The molecule has 0 spiro atoms. The Bertz CT molecular complexity index is 331. The average Bonchev–Trinajstić information content (AvgIpc) is 2.38. The third kappa shape index (κ3) is 8.04. The molecule has 0 aromatic rings. The maximum atomic E-state index is 10.9. The van der Waals surface area contributed by atoms with E-state index >= 15 is 0 Å². The van der Waals surface area contributed by atoms with Crippen LogP contribution in [0.5, 0.6) is 0 Å². The highest BCUT2D eigenvalue weighted by molar-refractivity contribution is 5.87. The molecule has 0 aliphatic rings. The van der Waals surface area contributed by atoms with E-state index in [4.69, 9.17) is 0 Å². The van der Waals surface area contributed by atoms with Crippen LogP contribution >= 0.6 is 0 Å². The van der Waals surface area contributed by atoms with Gasteiger partial charge in [0.2, 0.25) is 11.8 Å². The quantitative estimate of drug-likeness (QED) is 0.462. The summed E-state index contributed by atoms with van der Waals surface area (Å²) in [6.45, 7) is 7.53. The van der Waals surface area contributed by atoms with Crippen molar-refractivity contribution in [3.8, 4) is 0 Å². The summed E-state index contributed by atoms with van der Waals surface area (Å²) in [4.78, 5) is 32.3. The molecule has 0 fully saturated rings. The summed E-state index contributed by atoms with van der Waals surface area (Å²) in [5.41, 5.74) is 0.860. The highest BCUT2D eigenvalue weighted by Gasteiger charge is 2.00. The van der Waals surface area contributed by atoms with Gasteiger partial charge in [-0.2, -0.15) is 0 Å². The summed E-state index contributed by atoms with van der Waals surface area (Å²) in [6, 6.07) is 0. The van der Waals surface area contributed by atoms with Crippen molar-refractivity contribution in [3.63, 3.8) is 0 Å². The summed E-state index contributed by atoms with van der Waals surface area (Å²) in [6.07, 6.45) is 5.63. The first-order valence-electron chi connectivity index (χ1n) is 5.57. The summed E-state index contributed by atoms with van der Waals surface area (Å²) >= 11 is 0. The molecule has 18 heavy (non-hydrogen) atoms. The molecule has 0 bridgehead atoms. The topological polar surface area (TPSA) is 75.3 Å². The zero-order valence-electron chi connectivity index (χ0n) is 10.3. The number of allylic oxidation sites excluding steroid dienone is 1. The van der Waals surface area contributed by atoms with Gasteiger partial charge in [-0.1, -0.05) is 18.7 Å². The molecule has 0 aliphatic heterocycles. The van der Waals surface area contributed by atoms with Gasteiger partial charge in [0.25, 0.3) is 0 Å². The molecule has 98 valence electrons. The number of carbonyl (C=O) groups is 3. The fourth-order valence-corrected chi connectivity index (χ4v) is 1.22. The van der Waals surface area contributed by atoms with Crippen molar-refractivity contribution in [2.45, 2.75) is 12.8 Å². The molecule has 0 unspecified atom stereocenters. The lowest BCUT2D eigenvalue weighted by Crippen LogP contribution is -2.24. The summed E-state index contributed by atoms with van der Waals surface area (Å²) in [5, 5.41) is 5.23. The van der Waals surface area contributed by atoms with E-state index in [0.717, 1.165) is 5.57 Å². The minimum absolute atomic E-state index is 0.250. The first-order chi connectivity index (χ1) is 8.63. The van der Waals surface area contributed by atoms with Crippen LogP contribution in [0.4, 0.5) is 0 Å². The van der Waals surface area contributed by atoms with Gasteiger partial charge in [-0.3, -0.25) is 14.4 Å². The normalized spacial score (nSPS) is 8.89. The molecule has 0 aliphatic carbocycles. The van der Waals surface area contributed by atoms with Crippen molar-refractivity contribution < 1.29 is 14.4 Å². The van der Waals surface area contributed by atoms with Crippen LogP contribution in [0.25, 0.3) is 0 Å². The number of nitrogens with one attached hydrogen (secondary N) is 2. The standard InChI is InChI=1S/C13H18N2O3/c1-3-12(17)14-8-5-11(7-10-16)6-9-15-13(18)4-2/h3-4,7,10H,1-2,5-6,8-9H2,(H,14,17)(H,15,18). The number of aldehydes is 1. The Labute approximate surface area is 107 Å². The maximum Gasteiger partial charge on any atom is 0.243 e. The van der Waals surface area contributed by atoms with E-state index in [9.17, 15) is 14.4 Å². The van der Waals surface area contributed by atoms with Crippen molar-refractivity contribution in [2.24, 2.45) is 0 Å². The third-order valence-corrected chi connectivity index (χ3v) is 2.17. The molecule has 0 aromatic heterocycles. The summed E-state index contributed by atoms with van der Waals surface area (Å²) in [5.74, 6) is -0.499. The smallest absolute Gasteiger partial charge is 0.243 e. The van der Waals surface area contributed by atoms with Gasteiger partial charge in [0.15, 0.2) is 0 Å². The highest BCUT2D eigenvalue weighted by atomic mass is 16.2. The first kappa shape index (κ1) is 15.8. The summed E-state index contributed by atoms with van der Waals surface area (Å²) < 4.78 is 0. The summed E-state index contributed by atoms with van der Waals surface area (Å²) in [7, 11) is 0. The van der Waals surface area contributed by atoms with Crippen molar-refractivity contribution in [3.05, 3.63) is 37.0 Å². The van der Waals surface area contributed by atoms with E-state index in [1.807, 2.05) is 0 Å². The van der Waals surface area contributed by atoms with E-state index in [1.54, 1.807) is 0 Å². The lowest BCUT2D eigenvalue weighted by Gasteiger charge is -2.07. The van der Waals surface area contributed by atoms with Gasteiger partial charge in [-0.15, -0.1) is 0 Å². The second-order valence-electron chi connectivity index (χ2n) is 3.45. The molecule has 5 heteroatoms. The van der Waals surface area contributed by atoms with E-state index in [-0.39, 0.29) is 11.8 Å². The highest BCUT2D eigenvalue weighted by Crippen LogP contribution is 2.04. The monoisotopic (exact) mass is 250 g/mol. The molecule has 2 amide bonds. The van der Waals surface area contributed by atoms with E-state index < -0.39 is 0 Å². The second-order valence-corrected chi connectivity index (χ2v) is 3.45. The van der Waals surface area contributed by atoms with Gasteiger partial charge in [-0.25, -0.2) is 0 Å². The SMILES string of the molecule is C=CC(=O)NCCC(=CC=O)CCNC(=O)C=C. The van der Waals surface area contributed by atoms with Gasteiger partial charge >= 0.3 is 0 Å². The van der Waals surface area contributed by atoms with Crippen LogP contribution in [0, 0.1) is 0 Å². The number of rotatable bonds is 9. The Kier molecular flexibility index (Phi) is 8.81. The van der Waals surface area contributed by atoms with Gasteiger partial charge in [0.05, 0.1) is 0 Å². The number of hydrogen-bond acceptors (Lipinski definition) is 3. The molecular formula is C13H18N2O3. The third-order valence-electron chi connectivity index (χ3n) is 2.17. The predicted octanol–water partition coefficient (Wildman–Crippen LogP) is 0.496. The first-order valence-corrected chi connectivity index (χ1v) is 5.57. The molecule has 5 nitrogen and oxygen atoms in total. The van der Waals surface area contributed by atoms with Crippen LogP contribution in [0.2, 0.25) is 0 Å². The van der Waals surface area contributed by atoms with Crippen molar-refractivity contribution in [2.75, 3.05) is 13.1 Å². The average molecular weight is 250 g/mol. The van der Waals surface area contributed by atoms with E-state index in [0.29, 0.717) is 32.2 Å². The lowest BCUT2D eigenvalue weighted by molar-refractivity contribution is -0.117. The van der Waals surface area contributed by atoms with E-state index in [1.165, 1.54) is 18.2 Å². The largest absolute Gasteiger partial charge is 0.352 e. The molecule has 0 radical (unpaired) electrons. The van der Waals surface area contributed by atoms with Crippen LogP contribution in [0.15, 0.2) is 37.0 Å². The molecule has 0 saturated heterocycles. The Morgan fingerprint density at radius 1 is 0.944 bits per heavy atom. The zero-order chi connectivity index (χ0) is 13.8. The van der Waals surface area contributed by atoms with Crippen molar-refractivity contribution in [1.29, 1.82) is 0 Å².